The predicted molar refractivity (Wildman–Crippen MR) is 127 cm³/mol. The summed E-state index contributed by atoms with van der Waals surface area (Å²) in [5, 5.41) is 14.3. The minimum atomic E-state index is -0.716. The van der Waals surface area contributed by atoms with Gasteiger partial charge in [-0.15, -0.1) is 0 Å². The van der Waals surface area contributed by atoms with Crippen LogP contribution in [0.15, 0.2) is 24.5 Å². The van der Waals surface area contributed by atoms with E-state index in [2.05, 4.69) is 9.67 Å². The third-order valence-electron chi connectivity index (χ3n) is 7.22. The van der Waals surface area contributed by atoms with E-state index in [0.717, 1.165) is 53.8 Å². The van der Waals surface area contributed by atoms with Crippen LogP contribution in [0, 0.1) is 5.92 Å². The van der Waals surface area contributed by atoms with Gasteiger partial charge in [-0.05, 0) is 57.6 Å². The number of halogens is 1. The highest BCUT2D eigenvalue weighted by Gasteiger charge is 2.33. The molecule has 3 aromatic rings. The van der Waals surface area contributed by atoms with Crippen LogP contribution >= 0.6 is 11.6 Å². The Morgan fingerprint density at radius 1 is 1.21 bits per heavy atom. The molecule has 0 spiro atoms. The molecule has 1 amide bonds. The quantitative estimate of drug-likeness (QED) is 0.576. The molecule has 1 aliphatic heterocycles. The summed E-state index contributed by atoms with van der Waals surface area (Å²) < 4.78 is 9.07. The van der Waals surface area contributed by atoms with E-state index < -0.39 is 5.97 Å². The van der Waals surface area contributed by atoms with Gasteiger partial charge in [0.1, 0.15) is 5.82 Å². The number of imidazole rings is 1. The van der Waals surface area contributed by atoms with E-state index in [1.54, 1.807) is 22.0 Å². The number of nitrogens with zero attached hydrogens (tertiary/aromatic N) is 5. The number of methoxy groups -OCH3 is 1. The van der Waals surface area contributed by atoms with Gasteiger partial charge in [0.2, 0.25) is 0 Å². The monoisotopic (exact) mass is 485 g/mol. The minimum absolute atomic E-state index is 0.0384. The summed E-state index contributed by atoms with van der Waals surface area (Å²) in [5.74, 6) is -0.154. The highest BCUT2D eigenvalue weighted by molar-refractivity contribution is 6.30. The van der Waals surface area contributed by atoms with Crippen LogP contribution in [0.5, 0.6) is 0 Å². The van der Waals surface area contributed by atoms with Crippen molar-refractivity contribution in [2.75, 3.05) is 12.0 Å². The van der Waals surface area contributed by atoms with Crippen molar-refractivity contribution in [2.45, 2.75) is 64.1 Å². The lowest BCUT2D eigenvalue weighted by molar-refractivity contribution is -0.143. The Morgan fingerprint density at radius 2 is 1.97 bits per heavy atom. The van der Waals surface area contributed by atoms with Crippen LogP contribution in [-0.2, 0) is 22.5 Å². The van der Waals surface area contributed by atoms with E-state index in [9.17, 15) is 14.7 Å². The van der Waals surface area contributed by atoms with Crippen molar-refractivity contribution >= 4 is 40.4 Å². The molecule has 5 rings (SSSR count). The number of rotatable bonds is 4. The fourth-order valence-electron chi connectivity index (χ4n) is 5.49. The van der Waals surface area contributed by atoms with Crippen molar-refractivity contribution in [1.29, 1.82) is 0 Å². The number of ether oxygens (including phenoxy) is 1. The molecule has 0 bridgehead atoms. The number of benzene rings is 1. The molecule has 2 aliphatic rings. The number of amides is 1. The topological polar surface area (TPSA) is 102 Å². The molecular weight excluding hydrogens is 458 g/mol. The van der Waals surface area contributed by atoms with E-state index in [1.165, 1.54) is 7.11 Å². The number of aliphatic carboxylic acids is 1. The van der Waals surface area contributed by atoms with Crippen molar-refractivity contribution in [3.63, 3.8) is 0 Å². The molecule has 1 fully saturated rings. The molecule has 9 nitrogen and oxygen atoms in total. The highest BCUT2D eigenvalue weighted by atomic mass is 35.5. The van der Waals surface area contributed by atoms with Crippen LogP contribution in [0.3, 0.4) is 0 Å². The summed E-state index contributed by atoms with van der Waals surface area (Å²) >= 11 is 6.09. The average Bonchev–Trinajstić information content (AvgIpc) is 3.41. The smallest absolute Gasteiger partial charge is 0.414 e. The van der Waals surface area contributed by atoms with Crippen LogP contribution in [0.1, 0.15) is 56.5 Å². The van der Waals surface area contributed by atoms with Gasteiger partial charge in [0, 0.05) is 23.8 Å². The molecule has 2 aromatic heterocycles. The lowest BCUT2D eigenvalue weighted by Gasteiger charge is -2.34. The first-order valence-electron chi connectivity index (χ1n) is 11.7. The highest BCUT2D eigenvalue weighted by Crippen LogP contribution is 2.40. The van der Waals surface area contributed by atoms with Gasteiger partial charge < -0.3 is 14.4 Å². The zero-order valence-corrected chi connectivity index (χ0v) is 20.0. The molecule has 1 saturated carbocycles. The predicted octanol–water partition coefficient (Wildman–Crippen LogP) is 4.66. The minimum Gasteiger partial charge on any atom is -0.481 e. The maximum Gasteiger partial charge on any atom is 0.414 e. The van der Waals surface area contributed by atoms with Crippen LogP contribution in [0.2, 0.25) is 5.02 Å². The number of anilines is 1. The number of hydrogen-bond donors (Lipinski definition) is 1. The van der Waals surface area contributed by atoms with Crippen molar-refractivity contribution in [2.24, 2.45) is 5.92 Å². The Morgan fingerprint density at radius 3 is 2.62 bits per heavy atom. The zero-order chi connectivity index (χ0) is 24.0. The Hall–Kier alpha value is -3.07. The van der Waals surface area contributed by atoms with Crippen molar-refractivity contribution in [3.05, 3.63) is 40.9 Å². The van der Waals surface area contributed by atoms with E-state index in [1.807, 2.05) is 19.1 Å². The van der Waals surface area contributed by atoms with Gasteiger partial charge in [-0.1, -0.05) is 11.6 Å². The Labute approximate surface area is 202 Å². The first-order valence-corrected chi connectivity index (χ1v) is 12.1. The van der Waals surface area contributed by atoms with E-state index in [-0.39, 0.29) is 24.1 Å². The summed E-state index contributed by atoms with van der Waals surface area (Å²) in [6, 6.07) is 4.20. The van der Waals surface area contributed by atoms with Crippen LogP contribution in [0.25, 0.3) is 11.0 Å². The second-order valence-electron chi connectivity index (χ2n) is 9.26. The molecule has 1 N–H and O–H groups in total. The number of carbonyl (C=O) groups excluding carboxylic acids is 1. The Bertz CT molecular complexity index is 1240. The summed E-state index contributed by atoms with van der Waals surface area (Å²) in [5.41, 5.74) is 3.77. The van der Waals surface area contributed by atoms with Gasteiger partial charge in [0.15, 0.2) is 0 Å². The molecule has 0 saturated heterocycles. The molecule has 3 heterocycles. The summed E-state index contributed by atoms with van der Waals surface area (Å²) in [6.07, 6.45) is 7.48. The first kappa shape index (κ1) is 22.7. The van der Waals surface area contributed by atoms with Gasteiger partial charge in [-0.25, -0.2) is 9.78 Å². The van der Waals surface area contributed by atoms with Crippen LogP contribution in [0.4, 0.5) is 10.5 Å². The second kappa shape index (κ2) is 8.94. The van der Waals surface area contributed by atoms with Gasteiger partial charge in [-0.2, -0.15) is 5.10 Å². The van der Waals surface area contributed by atoms with Crippen molar-refractivity contribution in [1.82, 2.24) is 19.3 Å². The Kier molecular flexibility index (Phi) is 5.97. The SMILES string of the molecule is COC(=O)N1c2ccc3c(nc(Cn4cc(Cl)cn4)n3C3CCC(C(=O)O)CC3)c2CC[C@@H]1C. The molecule has 0 unspecified atom stereocenters. The van der Waals surface area contributed by atoms with E-state index in [4.69, 9.17) is 21.3 Å². The number of fused-ring (bicyclic) bond motifs is 3. The number of hydrogen-bond acceptors (Lipinski definition) is 5. The maximum absolute atomic E-state index is 12.5. The average molecular weight is 486 g/mol. The first-order chi connectivity index (χ1) is 16.4. The molecule has 0 radical (unpaired) electrons. The van der Waals surface area contributed by atoms with Crippen LogP contribution in [-0.4, -0.2) is 49.7 Å². The standard InChI is InChI=1S/C24H28ClN5O4/c1-14-3-8-18-19(29(14)24(33)34-2)9-10-20-22(18)27-21(13-28-12-16(25)11-26-28)30(20)17-6-4-15(5-7-17)23(31)32/h9-12,14-15,17H,3-8,13H2,1-2H3,(H,31,32)/t14-,15?,17?/m0/s1. The summed E-state index contributed by atoms with van der Waals surface area (Å²) in [7, 11) is 1.40. The third-order valence-corrected chi connectivity index (χ3v) is 7.41. The lowest BCUT2D eigenvalue weighted by atomic mass is 9.86. The Balaban J connectivity index is 1.61. The number of aromatic nitrogens is 4. The summed E-state index contributed by atoms with van der Waals surface area (Å²) in [4.78, 5) is 30.8. The van der Waals surface area contributed by atoms with Gasteiger partial charge in [0.05, 0.1) is 47.5 Å². The normalized spacial score (nSPS) is 22.6. The zero-order valence-electron chi connectivity index (χ0n) is 19.3. The van der Waals surface area contributed by atoms with Gasteiger partial charge in [0.25, 0.3) is 0 Å². The number of aryl methyl sites for hydroxylation is 1. The number of carboxylic acids is 1. The fraction of sp³-hybridized carbons (Fsp3) is 0.500. The number of carboxylic acid groups (broad SMARTS) is 1. The summed E-state index contributed by atoms with van der Waals surface area (Å²) in [6.45, 7) is 2.47. The lowest BCUT2D eigenvalue weighted by Crippen LogP contribution is -2.42. The van der Waals surface area contributed by atoms with E-state index >= 15 is 0 Å². The molecule has 1 atom stereocenters. The second-order valence-corrected chi connectivity index (χ2v) is 9.69. The molecule has 1 aliphatic carbocycles. The number of carbonyl (C=O) groups is 2. The van der Waals surface area contributed by atoms with Gasteiger partial charge in [-0.3, -0.25) is 14.4 Å². The van der Waals surface area contributed by atoms with Crippen molar-refractivity contribution in [3.8, 4) is 0 Å². The fourth-order valence-corrected chi connectivity index (χ4v) is 5.65. The van der Waals surface area contributed by atoms with Crippen LogP contribution < -0.4 is 4.90 Å². The maximum atomic E-state index is 12.5. The third kappa shape index (κ3) is 3.91. The molecule has 180 valence electrons. The molecule has 1 aromatic carbocycles. The molecule has 10 heteroatoms. The van der Waals surface area contributed by atoms with Gasteiger partial charge >= 0.3 is 12.1 Å². The molecule has 34 heavy (non-hydrogen) atoms. The van der Waals surface area contributed by atoms with E-state index in [0.29, 0.717) is 24.4 Å². The molecular formula is C24H28ClN5O4. The largest absolute Gasteiger partial charge is 0.481 e. The van der Waals surface area contributed by atoms with Crippen molar-refractivity contribution < 1.29 is 19.4 Å².